The SMILES string of the molecule is CCCCN(CC1CCC2C(CC3C4CCC5C(C)(C)[C@@H](O)CCC56C[C@@]46CCC23C)O1)C(C)=O.CO.[HH]. The number of hydrogen-bond acceptors (Lipinski definition) is 4. The molecule has 5 saturated carbocycles. The minimum Gasteiger partial charge on any atom is -0.400 e. The van der Waals surface area contributed by atoms with Crippen LogP contribution in [0.15, 0.2) is 0 Å². The number of aliphatic hydroxyl groups is 2. The number of carbonyl (C=O) groups excluding carboxylic acids is 1. The number of fused-ring (bicyclic) bond motifs is 4. The van der Waals surface area contributed by atoms with E-state index in [1.807, 2.05) is 4.90 Å². The maximum atomic E-state index is 12.2. The van der Waals surface area contributed by atoms with E-state index in [1.165, 1.54) is 51.4 Å². The Morgan fingerprint density at radius 2 is 1.70 bits per heavy atom. The zero-order valence-corrected chi connectivity index (χ0v) is 24.6. The zero-order chi connectivity index (χ0) is 26.8. The van der Waals surface area contributed by atoms with Gasteiger partial charge in [0.25, 0.3) is 0 Å². The van der Waals surface area contributed by atoms with Crippen LogP contribution in [-0.2, 0) is 9.53 Å². The van der Waals surface area contributed by atoms with Crippen LogP contribution in [0.25, 0.3) is 0 Å². The Balaban J connectivity index is 0.00000110. The average Bonchev–Trinajstić information content (AvgIpc) is 3.46. The maximum absolute atomic E-state index is 12.2. The fraction of sp³-hybridized carbons (Fsp3) is 0.969. The minimum absolute atomic E-state index is 0. The first kappa shape index (κ1) is 27.9. The van der Waals surface area contributed by atoms with Gasteiger partial charge in [-0.1, -0.05) is 34.1 Å². The Labute approximate surface area is 227 Å². The summed E-state index contributed by atoms with van der Waals surface area (Å²) in [5.74, 6) is 3.30. The Kier molecular flexibility index (Phi) is 7.36. The second-order valence-electron chi connectivity index (χ2n) is 14.7. The molecule has 5 aliphatic carbocycles. The van der Waals surface area contributed by atoms with Gasteiger partial charge in [-0.25, -0.2) is 0 Å². The van der Waals surface area contributed by atoms with Gasteiger partial charge in [0.15, 0.2) is 0 Å². The van der Waals surface area contributed by atoms with Crippen molar-refractivity contribution in [2.75, 3.05) is 20.2 Å². The van der Waals surface area contributed by atoms with Crippen molar-refractivity contribution in [3.8, 4) is 0 Å². The molecule has 6 fully saturated rings. The number of amides is 1. The summed E-state index contributed by atoms with van der Waals surface area (Å²) in [6.07, 6.45) is 15.6. The molecule has 10 atom stereocenters. The Hall–Kier alpha value is -0.650. The van der Waals surface area contributed by atoms with E-state index in [0.29, 0.717) is 34.2 Å². The van der Waals surface area contributed by atoms with E-state index in [4.69, 9.17) is 9.84 Å². The van der Waals surface area contributed by atoms with E-state index in [9.17, 15) is 9.90 Å². The Morgan fingerprint density at radius 1 is 0.973 bits per heavy atom. The van der Waals surface area contributed by atoms with Crippen LogP contribution < -0.4 is 0 Å². The number of ether oxygens (including phenoxy) is 1. The summed E-state index contributed by atoms with van der Waals surface area (Å²) >= 11 is 0. The van der Waals surface area contributed by atoms with Gasteiger partial charge in [-0.3, -0.25) is 4.79 Å². The summed E-state index contributed by atoms with van der Waals surface area (Å²) in [6.45, 7) is 12.9. The van der Waals surface area contributed by atoms with E-state index < -0.39 is 0 Å². The fourth-order valence-corrected chi connectivity index (χ4v) is 11.4. The molecule has 0 aromatic heterocycles. The molecule has 214 valence electrons. The molecule has 0 aromatic rings. The highest BCUT2D eigenvalue weighted by molar-refractivity contribution is 5.73. The third-order valence-corrected chi connectivity index (χ3v) is 13.3. The molecule has 6 rings (SSSR count). The number of unbranched alkanes of at least 4 members (excludes halogenated alkanes) is 1. The molecule has 6 aliphatic rings. The largest absolute Gasteiger partial charge is 0.400 e. The molecule has 0 bridgehead atoms. The molecule has 1 aliphatic heterocycles. The van der Waals surface area contributed by atoms with Crippen LogP contribution in [0.3, 0.4) is 0 Å². The van der Waals surface area contributed by atoms with Crippen LogP contribution in [0.2, 0.25) is 0 Å². The van der Waals surface area contributed by atoms with Crippen LogP contribution in [0.1, 0.15) is 113 Å². The molecule has 2 N–H and O–H groups in total. The van der Waals surface area contributed by atoms with Gasteiger partial charge in [0.2, 0.25) is 5.91 Å². The first-order valence-corrected chi connectivity index (χ1v) is 15.6. The lowest BCUT2D eigenvalue weighted by Crippen LogP contribution is -2.54. The second kappa shape index (κ2) is 9.77. The summed E-state index contributed by atoms with van der Waals surface area (Å²) in [4.78, 5) is 14.3. The number of rotatable bonds is 5. The molecule has 5 nitrogen and oxygen atoms in total. The highest BCUT2D eigenvalue weighted by atomic mass is 16.5. The molecule has 5 heteroatoms. The smallest absolute Gasteiger partial charge is 0.219 e. The molecule has 1 heterocycles. The Bertz CT molecular complexity index is 866. The van der Waals surface area contributed by atoms with Crippen molar-refractivity contribution >= 4 is 5.91 Å². The lowest BCUT2D eigenvalue weighted by molar-refractivity contribution is -0.139. The summed E-state index contributed by atoms with van der Waals surface area (Å²) in [7, 11) is 1.00. The van der Waals surface area contributed by atoms with Crippen LogP contribution in [0.4, 0.5) is 0 Å². The first-order chi connectivity index (χ1) is 17.6. The second-order valence-corrected chi connectivity index (χ2v) is 14.7. The van der Waals surface area contributed by atoms with Crippen molar-refractivity contribution < 1.29 is 21.2 Å². The summed E-state index contributed by atoms with van der Waals surface area (Å²) < 4.78 is 6.88. The van der Waals surface area contributed by atoms with E-state index in [1.54, 1.807) is 6.92 Å². The average molecular weight is 520 g/mol. The van der Waals surface area contributed by atoms with Gasteiger partial charge in [-0.15, -0.1) is 0 Å². The predicted octanol–water partition coefficient (Wildman–Crippen LogP) is 6.06. The minimum atomic E-state index is -0.118. The van der Waals surface area contributed by atoms with Crippen molar-refractivity contribution in [2.24, 2.45) is 45.3 Å². The summed E-state index contributed by atoms with van der Waals surface area (Å²) in [5, 5.41) is 17.9. The summed E-state index contributed by atoms with van der Waals surface area (Å²) in [5.41, 5.74) is 1.61. The van der Waals surface area contributed by atoms with Gasteiger partial charge in [0, 0.05) is 28.5 Å². The van der Waals surface area contributed by atoms with Gasteiger partial charge in [-0.2, -0.15) is 0 Å². The Morgan fingerprint density at radius 3 is 2.41 bits per heavy atom. The molecule has 1 amide bonds. The first-order valence-electron chi connectivity index (χ1n) is 15.6. The number of hydrogen-bond donors (Lipinski definition) is 2. The van der Waals surface area contributed by atoms with Crippen LogP contribution in [0, 0.1) is 45.3 Å². The van der Waals surface area contributed by atoms with E-state index in [0.717, 1.165) is 57.7 Å². The number of carbonyl (C=O) groups is 1. The van der Waals surface area contributed by atoms with Gasteiger partial charge in [0.05, 0.1) is 18.3 Å². The van der Waals surface area contributed by atoms with Crippen LogP contribution >= 0.6 is 0 Å². The van der Waals surface area contributed by atoms with Crippen molar-refractivity contribution in [2.45, 2.75) is 130 Å². The monoisotopic (exact) mass is 519 g/mol. The highest BCUT2D eigenvalue weighted by Gasteiger charge is 2.80. The lowest BCUT2D eigenvalue weighted by atomic mass is 9.46. The van der Waals surface area contributed by atoms with Crippen molar-refractivity contribution in [3.63, 3.8) is 0 Å². The van der Waals surface area contributed by atoms with Gasteiger partial charge < -0.3 is 19.8 Å². The van der Waals surface area contributed by atoms with Gasteiger partial charge in [-0.05, 0) is 116 Å². The third-order valence-electron chi connectivity index (χ3n) is 13.3. The topological polar surface area (TPSA) is 70.0 Å². The molecule has 8 unspecified atom stereocenters. The zero-order valence-electron chi connectivity index (χ0n) is 24.6. The van der Waals surface area contributed by atoms with Crippen molar-refractivity contribution in [1.29, 1.82) is 0 Å². The van der Waals surface area contributed by atoms with Crippen molar-refractivity contribution in [1.82, 2.24) is 4.90 Å². The van der Waals surface area contributed by atoms with Gasteiger partial charge in [0.1, 0.15) is 0 Å². The lowest BCUT2D eigenvalue weighted by Gasteiger charge is -2.59. The van der Waals surface area contributed by atoms with Crippen LogP contribution in [-0.4, -0.2) is 59.5 Å². The normalized spacial score (nSPS) is 48.7. The maximum Gasteiger partial charge on any atom is 0.219 e. The standard InChI is InChI=1S/C31H51NO3.CH4O.H2/c1-6-7-16-32(20(2)33)18-21-8-9-23-25(35-21)17-24-22-10-11-26-28(3,4)27(34)12-13-31(26)19-30(22,31)15-14-29(23,24)5;1-2;/h21-27,34H,6-19H2,1-5H3;2H,1H3;1H/t21?,22?,23?,24?,25?,26?,27-,29?,30-,31?;;/m0../s1. The molecule has 1 saturated heterocycles. The molecule has 0 radical (unpaired) electrons. The highest BCUT2D eigenvalue weighted by Crippen LogP contribution is 2.87. The van der Waals surface area contributed by atoms with Crippen molar-refractivity contribution in [3.05, 3.63) is 0 Å². The molecule has 0 aromatic carbocycles. The molecule has 37 heavy (non-hydrogen) atoms. The summed E-state index contributed by atoms with van der Waals surface area (Å²) in [6, 6.07) is 0. The molecule has 2 spiro atoms. The van der Waals surface area contributed by atoms with E-state index in [2.05, 4.69) is 27.7 Å². The number of nitrogens with zero attached hydrogens (tertiary/aromatic N) is 1. The van der Waals surface area contributed by atoms with Gasteiger partial charge >= 0.3 is 0 Å². The fourth-order valence-electron chi connectivity index (χ4n) is 11.4. The molecular formula is C32H57NO4. The van der Waals surface area contributed by atoms with Crippen LogP contribution in [0.5, 0.6) is 0 Å². The molecular weight excluding hydrogens is 462 g/mol. The number of aliphatic hydroxyl groups excluding tert-OH is 2. The quantitative estimate of drug-likeness (QED) is 0.463. The van der Waals surface area contributed by atoms with E-state index >= 15 is 0 Å². The van der Waals surface area contributed by atoms with E-state index in [-0.39, 0.29) is 25.0 Å². The third kappa shape index (κ3) is 3.98. The predicted molar refractivity (Wildman–Crippen MR) is 149 cm³/mol.